The maximum Gasteiger partial charge on any atom is 0.0838 e. The van der Waals surface area contributed by atoms with E-state index in [1.54, 1.807) is 0 Å². The first-order valence-corrected chi connectivity index (χ1v) is 45.1. The van der Waals surface area contributed by atoms with Crippen molar-refractivity contribution in [1.29, 1.82) is 0 Å². The smallest absolute Gasteiger partial charge is 0.0838 e. The van der Waals surface area contributed by atoms with Gasteiger partial charge in [-0.25, -0.2) is 0 Å². The Balaban J connectivity index is 0.921. The van der Waals surface area contributed by atoms with Crippen LogP contribution in [0.1, 0.15) is 89.0 Å². The van der Waals surface area contributed by atoms with Gasteiger partial charge in [0.05, 0.1) is 93.4 Å². The normalized spacial score (nSPS) is 12.3. The van der Waals surface area contributed by atoms with Crippen molar-refractivity contribution in [2.75, 3.05) is 4.90 Å². The van der Waals surface area contributed by atoms with Crippen LogP contribution in [0.5, 0.6) is 0 Å². The Bertz CT molecular complexity index is 7550. The number of aromatic nitrogens is 3. The molecule has 14 aromatic carbocycles. The van der Waals surface area contributed by atoms with Crippen LogP contribution in [0.15, 0.2) is 194 Å². The Hall–Kier alpha value is -9.96. The minimum absolute atomic E-state index is 1.13. The monoisotopic (exact) mass is 1590 g/mol. The standard InChI is InChI=1S/C100H80N4S8/c1-49-51(3)59(11)87-85(57(49)9)105-93-81(101(65-33-19-17-20-34-65)66-35-21-18-22-36-66)94-98(110-88-60(12)52(4)50(2)58(10)86(88)106-94)83(97(93)109-87)103-75-45-29-25-39-71(75)79-69(41-31-47-77(79)103)70-42-32-48-78-80(70)72-40-26-30-46-76(72)104(78)84-99-95(107-89-61(13)53(5)55(7)63(15)91(89)111-99)82(102-73-43-27-23-37-67(73)68-38-24-28-44-74(68)102)96-100(84)112-92-64(16)56(8)54(6)62(14)90(92)108-96/h17-48H,1-16H3. The van der Waals surface area contributed by atoms with Gasteiger partial charge in [-0.1, -0.05) is 133 Å². The molecule has 0 atom stereocenters. The molecule has 7 heterocycles. The number of nitrogens with zero attached hydrogens (tertiary/aromatic N) is 4. The molecule has 0 fully saturated rings. The molecule has 0 aliphatic heterocycles. The topological polar surface area (TPSA) is 18.0 Å². The summed E-state index contributed by atoms with van der Waals surface area (Å²) >= 11 is 16.0. The fraction of sp³-hybridized carbons (Fsp3) is 0.160. The molecule has 0 bridgehead atoms. The van der Waals surface area contributed by atoms with Crippen LogP contribution < -0.4 is 4.90 Å². The van der Waals surface area contributed by atoms with Gasteiger partial charge in [0.15, 0.2) is 0 Å². The van der Waals surface area contributed by atoms with E-state index in [1.165, 1.54) is 264 Å². The molecule has 112 heavy (non-hydrogen) atoms. The first kappa shape index (κ1) is 69.9. The number of benzene rings is 14. The molecule has 0 radical (unpaired) electrons. The zero-order chi connectivity index (χ0) is 76.6. The van der Waals surface area contributed by atoms with Crippen LogP contribution in [0.2, 0.25) is 0 Å². The van der Waals surface area contributed by atoms with E-state index in [0.29, 0.717) is 0 Å². The highest BCUT2D eigenvalue weighted by atomic mass is 32.1. The lowest BCUT2D eigenvalue weighted by Crippen LogP contribution is -2.11. The summed E-state index contributed by atoms with van der Waals surface area (Å²) in [6.45, 7) is 37.6. The Morgan fingerprint density at radius 1 is 0.188 bits per heavy atom. The predicted molar refractivity (Wildman–Crippen MR) is 504 cm³/mol. The maximum absolute atomic E-state index is 2.72. The fourth-order valence-electron chi connectivity index (χ4n) is 18.3. The first-order valence-electron chi connectivity index (χ1n) is 38.6. The van der Waals surface area contributed by atoms with Crippen LogP contribution in [-0.2, 0) is 0 Å². The molecule has 0 saturated carbocycles. The van der Waals surface area contributed by atoms with Crippen molar-refractivity contribution >= 4 is 248 Å². The van der Waals surface area contributed by atoms with Crippen LogP contribution in [0, 0.1) is 111 Å². The second kappa shape index (κ2) is 25.8. The molecule has 21 rings (SSSR count). The van der Waals surface area contributed by atoms with E-state index in [2.05, 4.69) is 324 Å². The molecule has 7 aromatic heterocycles. The van der Waals surface area contributed by atoms with Crippen LogP contribution in [-0.4, -0.2) is 13.7 Å². The molecule has 21 aromatic rings. The summed E-state index contributed by atoms with van der Waals surface area (Å²) in [7, 11) is 0. The van der Waals surface area contributed by atoms with E-state index in [1.807, 2.05) is 90.7 Å². The highest BCUT2D eigenvalue weighted by Gasteiger charge is 2.33. The lowest BCUT2D eigenvalue weighted by atomic mass is 9.95. The number of rotatable bonds is 7. The van der Waals surface area contributed by atoms with E-state index in [4.69, 9.17) is 0 Å². The highest BCUT2D eigenvalue weighted by Crippen LogP contribution is 2.60. The SMILES string of the molecule is Cc1c(C)c(C)c2sc3c(-n4c5ccccc5c5c(-c6cccc7c6c6ccccc6n7-c6c7sc8c(C)c(C)c(C)c(C)c8sc7c(-n7c8ccccc8c8ccccc87)c7sc8c(C)c(C)c(C)c(C)c8sc67)cccc54)c4sc5c(C)c(C)c(C)c(C)c5sc4c(N(c4ccccc4)c4ccccc4)c3sc2c1C. The second-order valence-corrected chi connectivity index (χ2v) is 39.1. The average Bonchev–Trinajstić information content (AvgIpc) is 1.33. The molecule has 0 aliphatic rings. The van der Waals surface area contributed by atoms with Gasteiger partial charge < -0.3 is 18.6 Å². The molecular weight excluding hydrogens is 1510 g/mol. The van der Waals surface area contributed by atoms with E-state index in [-0.39, 0.29) is 0 Å². The van der Waals surface area contributed by atoms with Gasteiger partial charge in [0.1, 0.15) is 0 Å². The van der Waals surface area contributed by atoms with E-state index in [0.717, 1.165) is 11.4 Å². The van der Waals surface area contributed by atoms with Gasteiger partial charge in [-0.2, -0.15) is 0 Å². The van der Waals surface area contributed by atoms with Crippen molar-refractivity contribution in [1.82, 2.24) is 13.7 Å². The van der Waals surface area contributed by atoms with Gasteiger partial charge in [0, 0.05) is 81.3 Å². The minimum atomic E-state index is 1.13. The van der Waals surface area contributed by atoms with Crippen LogP contribution in [0.25, 0.3) is 169 Å². The highest BCUT2D eigenvalue weighted by molar-refractivity contribution is 7.41. The molecule has 0 aliphatic carbocycles. The molecule has 0 saturated heterocycles. The number of fused-ring (bicyclic) bond motifs is 17. The summed E-state index contributed by atoms with van der Waals surface area (Å²) in [5, 5.41) is 7.48. The van der Waals surface area contributed by atoms with Gasteiger partial charge in [-0.05, 0) is 272 Å². The summed E-state index contributed by atoms with van der Waals surface area (Å²) < 4.78 is 29.3. The predicted octanol–water partition coefficient (Wildman–Crippen LogP) is 33.0. The summed E-state index contributed by atoms with van der Waals surface area (Å²) in [6.07, 6.45) is 0. The van der Waals surface area contributed by atoms with Gasteiger partial charge in [0.2, 0.25) is 0 Å². The second-order valence-electron chi connectivity index (χ2n) is 31.0. The summed E-state index contributed by atoms with van der Waals surface area (Å²) in [5.74, 6) is 0. The molecular formula is C100H80N4S8. The van der Waals surface area contributed by atoms with Gasteiger partial charge in [-0.15, -0.1) is 90.7 Å². The number of aryl methyl sites for hydroxylation is 8. The minimum Gasteiger partial charge on any atom is -0.308 e. The van der Waals surface area contributed by atoms with Crippen molar-refractivity contribution in [2.24, 2.45) is 0 Å². The Morgan fingerprint density at radius 3 is 0.688 bits per heavy atom. The number of anilines is 3. The molecule has 548 valence electrons. The maximum atomic E-state index is 2.72. The molecule has 0 amide bonds. The first-order chi connectivity index (χ1) is 54.3. The summed E-state index contributed by atoms with van der Waals surface area (Å²) in [4.78, 5) is 2.58. The van der Waals surface area contributed by atoms with Crippen molar-refractivity contribution in [3.63, 3.8) is 0 Å². The zero-order valence-electron chi connectivity index (χ0n) is 65.5. The molecule has 0 unspecified atom stereocenters. The van der Waals surface area contributed by atoms with Crippen molar-refractivity contribution < 1.29 is 0 Å². The fourth-order valence-corrected chi connectivity index (χ4v) is 30.5. The van der Waals surface area contributed by atoms with E-state index in [9.17, 15) is 0 Å². The third kappa shape index (κ3) is 9.70. The molecule has 12 heteroatoms. The third-order valence-corrected chi connectivity index (χ3v) is 37.2. The van der Waals surface area contributed by atoms with E-state index >= 15 is 0 Å². The van der Waals surface area contributed by atoms with Crippen LogP contribution in [0.3, 0.4) is 0 Å². The Kier molecular flexibility index (Phi) is 16.1. The van der Waals surface area contributed by atoms with Crippen LogP contribution in [0.4, 0.5) is 17.1 Å². The Labute approximate surface area is 682 Å². The lowest BCUT2D eigenvalue weighted by molar-refractivity contribution is 1.21. The van der Waals surface area contributed by atoms with Crippen molar-refractivity contribution in [3.8, 4) is 28.2 Å². The number of para-hydroxylation sites is 6. The van der Waals surface area contributed by atoms with Gasteiger partial charge >= 0.3 is 0 Å². The van der Waals surface area contributed by atoms with Crippen LogP contribution >= 0.6 is 90.7 Å². The average molecular weight is 1590 g/mol. The van der Waals surface area contributed by atoms with E-state index < -0.39 is 0 Å². The largest absolute Gasteiger partial charge is 0.308 e. The lowest BCUT2D eigenvalue weighted by Gasteiger charge is -2.29. The number of hydrogen-bond acceptors (Lipinski definition) is 9. The zero-order valence-corrected chi connectivity index (χ0v) is 72.1. The van der Waals surface area contributed by atoms with Crippen molar-refractivity contribution in [2.45, 2.75) is 111 Å². The Morgan fingerprint density at radius 2 is 0.402 bits per heavy atom. The molecule has 0 N–H and O–H groups in total. The molecule has 4 nitrogen and oxygen atoms in total. The number of hydrogen-bond donors (Lipinski definition) is 0. The summed E-state index contributed by atoms with van der Waals surface area (Å²) in [6, 6.07) is 73.7. The molecule has 0 spiro atoms. The van der Waals surface area contributed by atoms with Gasteiger partial charge in [-0.3, -0.25) is 0 Å². The summed E-state index contributed by atoms with van der Waals surface area (Å²) in [5.41, 5.74) is 38.7. The van der Waals surface area contributed by atoms with Gasteiger partial charge in [0.25, 0.3) is 0 Å². The van der Waals surface area contributed by atoms with Crippen molar-refractivity contribution in [3.05, 3.63) is 283 Å². The quantitative estimate of drug-likeness (QED) is 0.145. The third-order valence-electron chi connectivity index (χ3n) is 25.7.